The van der Waals surface area contributed by atoms with Crippen LogP contribution in [0, 0.1) is 0 Å². The van der Waals surface area contributed by atoms with Gasteiger partial charge in [-0.25, -0.2) is 0 Å². The van der Waals surface area contributed by atoms with Crippen molar-refractivity contribution in [3.05, 3.63) is 17.8 Å². The summed E-state index contributed by atoms with van der Waals surface area (Å²) in [6.07, 6.45) is 3.17. The first-order chi connectivity index (χ1) is 7.29. The van der Waals surface area contributed by atoms with E-state index in [1.807, 2.05) is 0 Å². The summed E-state index contributed by atoms with van der Waals surface area (Å²) in [7, 11) is 0. The van der Waals surface area contributed by atoms with Gasteiger partial charge < -0.3 is 10.6 Å². The Balaban J connectivity index is 2.03. The Morgan fingerprint density at radius 2 is 2.33 bits per heavy atom. The highest BCUT2D eigenvalue weighted by Crippen LogP contribution is 2.16. The summed E-state index contributed by atoms with van der Waals surface area (Å²) >= 11 is 0. The van der Waals surface area contributed by atoms with E-state index >= 15 is 0 Å². The SMILES string of the molecule is CCCc1ccc(N2CCC(N)C2)nn1. The average Bonchev–Trinajstić information content (AvgIpc) is 2.67. The lowest BCUT2D eigenvalue weighted by Crippen LogP contribution is -2.27. The van der Waals surface area contributed by atoms with Crippen LogP contribution in [0.2, 0.25) is 0 Å². The minimum absolute atomic E-state index is 0.294. The number of anilines is 1. The molecule has 1 aromatic heterocycles. The van der Waals surface area contributed by atoms with Crippen LogP contribution < -0.4 is 10.6 Å². The molecule has 0 bridgehead atoms. The van der Waals surface area contributed by atoms with Crippen molar-refractivity contribution in [2.45, 2.75) is 32.2 Å². The molecule has 2 rings (SSSR count). The summed E-state index contributed by atoms with van der Waals surface area (Å²) in [6.45, 7) is 4.06. The third kappa shape index (κ3) is 2.45. The number of aryl methyl sites for hydroxylation is 1. The van der Waals surface area contributed by atoms with Gasteiger partial charge >= 0.3 is 0 Å². The molecule has 0 spiro atoms. The number of hydrogen-bond acceptors (Lipinski definition) is 4. The third-order valence-corrected chi connectivity index (χ3v) is 2.76. The molecule has 4 nitrogen and oxygen atoms in total. The molecule has 1 fully saturated rings. The van der Waals surface area contributed by atoms with Gasteiger partial charge in [0.05, 0.1) is 5.69 Å². The zero-order valence-electron chi connectivity index (χ0n) is 9.19. The van der Waals surface area contributed by atoms with E-state index in [0.29, 0.717) is 6.04 Å². The Kier molecular flexibility index (Phi) is 3.16. The summed E-state index contributed by atoms with van der Waals surface area (Å²) in [6, 6.07) is 4.41. The maximum atomic E-state index is 5.85. The quantitative estimate of drug-likeness (QED) is 0.800. The largest absolute Gasteiger partial charge is 0.354 e. The van der Waals surface area contributed by atoms with Gasteiger partial charge in [0.1, 0.15) is 0 Å². The van der Waals surface area contributed by atoms with Gasteiger partial charge in [0.15, 0.2) is 5.82 Å². The molecule has 1 aliphatic heterocycles. The Bertz CT molecular complexity index is 309. The van der Waals surface area contributed by atoms with Crippen molar-refractivity contribution in [3.63, 3.8) is 0 Å². The fourth-order valence-electron chi connectivity index (χ4n) is 1.91. The van der Waals surface area contributed by atoms with Crippen LogP contribution in [-0.4, -0.2) is 29.3 Å². The molecular formula is C11H18N4. The summed E-state index contributed by atoms with van der Waals surface area (Å²) in [5.74, 6) is 0.961. The highest BCUT2D eigenvalue weighted by Gasteiger charge is 2.20. The second kappa shape index (κ2) is 4.57. The first kappa shape index (κ1) is 10.4. The van der Waals surface area contributed by atoms with Gasteiger partial charge in [-0.3, -0.25) is 0 Å². The Labute approximate surface area is 90.5 Å². The topological polar surface area (TPSA) is 55.0 Å². The lowest BCUT2D eigenvalue weighted by Gasteiger charge is -2.15. The van der Waals surface area contributed by atoms with Gasteiger partial charge in [0.25, 0.3) is 0 Å². The smallest absolute Gasteiger partial charge is 0.151 e. The molecule has 0 aromatic carbocycles. The zero-order valence-corrected chi connectivity index (χ0v) is 9.19. The predicted octanol–water partition coefficient (Wildman–Crippen LogP) is 0.966. The van der Waals surface area contributed by atoms with E-state index in [0.717, 1.165) is 43.9 Å². The molecule has 0 radical (unpaired) electrons. The first-order valence-corrected chi connectivity index (χ1v) is 5.62. The molecule has 1 aliphatic rings. The van der Waals surface area contributed by atoms with E-state index in [1.54, 1.807) is 0 Å². The molecule has 0 amide bonds. The van der Waals surface area contributed by atoms with Crippen LogP contribution in [0.15, 0.2) is 12.1 Å². The number of nitrogens with zero attached hydrogens (tertiary/aromatic N) is 3. The van der Waals surface area contributed by atoms with Gasteiger partial charge in [-0.05, 0) is 25.0 Å². The molecule has 1 atom stereocenters. The monoisotopic (exact) mass is 206 g/mol. The predicted molar refractivity (Wildman–Crippen MR) is 60.8 cm³/mol. The van der Waals surface area contributed by atoms with Crippen molar-refractivity contribution in [1.29, 1.82) is 0 Å². The molecule has 82 valence electrons. The van der Waals surface area contributed by atoms with E-state index in [4.69, 9.17) is 5.73 Å². The Morgan fingerprint density at radius 3 is 2.87 bits per heavy atom. The average molecular weight is 206 g/mol. The fraction of sp³-hybridized carbons (Fsp3) is 0.636. The van der Waals surface area contributed by atoms with E-state index in [-0.39, 0.29) is 0 Å². The van der Waals surface area contributed by atoms with Crippen LogP contribution in [0.25, 0.3) is 0 Å². The van der Waals surface area contributed by atoms with Crippen molar-refractivity contribution < 1.29 is 0 Å². The molecule has 15 heavy (non-hydrogen) atoms. The van der Waals surface area contributed by atoms with Gasteiger partial charge in [-0.1, -0.05) is 13.3 Å². The molecule has 1 aromatic rings. The van der Waals surface area contributed by atoms with E-state index in [1.165, 1.54) is 0 Å². The minimum Gasteiger partial charge on any atom is -0.354 e. The summed E-state index contributed by atoms with van der Waals surface area (Å²) in [5, 5.41) is 8.44. The van der Waals surface area contributed by atoms with Crippen molar-refractivity contribution in [3.8, 4) is 0 Å². The van der Waals surface area contributed by atoms with Crippen molar-refractivity contribution in [2.24, 2.45) is 5.73 Å². The van der Waals surface area contributed by atoms with Crippen LogP contribution in [0.5, 0.6) is 0 Å². The second-order valence-corrected chi connectivity index (χ2v) is 4.13. The molecule has 1 saturated heterocycles. The van der Waals surface area contributed by atoms with E-state index in [9.17, 15) is 0 Å². The fourth-order valence-corrected chi connectivity index (χ4v) is 1.91. The molecular weight excluding hydrogens is 188 g/mol. The van der Waals surface area contributed by atoms with Crippen molar-refractivity contribution in [1.82, 2.24) is 10.2 Å². The molecule has 2 heterocycles. The van der Waals surface area contributed by atoms with Gasteiger partial charge in [-0.2, -0.15) is 5.10 Å². The van der Waals surface area contributed by atoms with Crippen molar-refractivity contribution >= 4 is 5.82 Å². The Hall–Kier alpha value is -1.16. The number of rotatable bonds is 3. The molecule has 4 heteroatoms. The first-order valence-electron chi connectivity index (χ1n) is 5.62. The zero-order chi connectivity index (χ0) is 10.7. The highest BCUT2D eigenvalue weighted by atomic mass is 15.3. The summed E-state index contributed by atoms with van der Waals surface area (Å²) in [5.41, 5.74) is 6.92. The maximum Gasteiger partial charge on any atom is 0.151 e. The van der Waals surface area contributed by atoms with Gasteiger partial charge in [-0.15, -0.1) is 5.10 Å². The molecule has 0 saturated carbocycles. The molecule has 1 unspecified atom stereocenters. The molecule has 0 aliphatic carbocycles. The van der Waals surface area contributed by atoms with Gasteiger partial charge in [0.2, 0.25) is 0 Å². The van der Waals surface area contributed by atoms with Crippen LogP contribution in [0.1, 0.15) is 25.5 Å². The summed E-state index contributed by atoms with van der Waals surface area (Å²) in [4.78, 5) is 2.20. The normalized spacial score (nSPS) is 20.9. The van der Waals surface area contributed by atoms with Crippen LogP contribution >= 0.6 is 0 Å². The standard InChI is InChI=1S/C11H18N4/c1-2-3-10-4-5-11(14-13-10)15-7-6-9(12)8-15/h4-5,9H,2-3,6-8,12H2,1H3. The number of hydrogen-bond donors (Lipinski definition) is 1. The van der Waals surface area contributed by atoms with Crippen LogP contribution in [-0.2, 0) is 6.42 Å². The van der Waals surface area contributed by atoms with Crippen LogP contribution in [0.3, 0.4) is 0 Å². The summed E-state index contributed by atoms with van der Waals surface area (Å²) < 4.78 is 0. The van der Waals surface area contributed by atoms with Crippen LogP contribution in [0.4, 0.5) is 5.82 Å². The number of aromatic nitrogens is 2. The van der Waals surface area contributed by atoms with E-state index < -0.39 is 0 Å². The molecule has 2 N–H and O–H groups in total. The highest BCUT2D eigenvalue weighted by molar-refractivity contribution is 5.39. The van der Waals surface area contributed by atoms with Crippen molar-refractivity contribution in [2.75, 3.05) is 18.0 Å². The van der Waals surface area contributed by atoms with E-state index in [2.05, 4.69) is 34.2 Å². The third-order valence-electron chi connectivity index (χ3n) is 2.76. The number of nitrogens with two attached hydrogens (primary N) is 1. The minimum atomic E-state index is 0.294. The lowest BCUT2D eigenvalue weighted by atomic mass is 10.2. The van der Waals surface area contributed by atoms with Gasteiger partial charge in [0, 0.05) is 19.1 Å². The lowest BCUT2D eigenvalue weighted by molar-refractivity contribution is 0.749. The Morgan fingerprint density at radius 1 is 1.47 bits per heavy atom. The second-order valence-electron chi connectivity index (χ2n) is 4.13. The maximum absolute atomic E-state index is 5.85.